The van der Waals surface area contributed by atoms with Crippen molar-refractivity contribution in [1.82, 2.24) is 15.1 Å². The Hall–Kier alpha value is -3.26. The van der Waals surface area contributed by atoms with Gasteiger partial charge >= 0.3 is 0 Å². The molecular weight excluding hydrogens is 340 g/mol. The minimum atomic E-state index is -0.394. The largest absolute Gasteiger partial charge is 0.497 e. The Kier molecular flexibility index (Phi) is 3.87. The third kappa shape index (κ3) is 2.94. The van der Waals surface area contributed by atoms with Gasteiger partial charge in [-0.05, 0) is 35.7 Å². The molecule has 4 rings (SSSR count). The number of amides is 1. The number of nitrogens with one attached hydrogen (secondary N) is 1. The minimum absolute atomic E-state index is 0.174. The zero-order valence-corrected chi connectivity index (χ0v) is 13.9. The molecule has 0 radical (unpaired) electrons. The van der Waals surface area contributed by atoms with Crippen LogP contribution in [-0.2, 0) is 0 Å². The summed E-state index contributed by atoms with van der Waals surface area (Å²) in [7, 11) is 1.60. The molecule has 1 N–H and O–H groups in total. The Morgan fingerprint density at radius 3 is 2.84 bits per heavy atom. The minimum Gasteiger partial charge on any atom is -0.497 e. The van der Waals surface area contributed by atoms with Gasteiger partial charge in [0.15, 0.2) is 11.5 Å². The Balaban J connectivity index is 1.57. The van der Waals surface area contributed by atoms with Crippen LogP contribution in [0, 0.1) is 0 Å². The number of thiophene rings is 1. The molecule has 0 spiro atoms. The van der Waals surface area contributed by atoms with E-state index < -0.39 is 5.91 Å². The number of nitrogens with zero attached hydrogens (tertiary/aromatic N) is 3. The third-order valence-corrected chi connectivity index (χ3v) is 4.43. The third-order valence-electron chi connectivity index (χ3n) is 3.61. The van der Waals surface area contributed by atoms with Crippen LogP contribution >= 0.6 is 11.3 Å². The van der Waals surface area contributed by atoms with Gasteiger partial charge in [0.1, 0.15) is 22.7 Å². The van der Waals surface area contributed by atoms with Gasteiger partial charge in [-0.1, -0.05) is 5.16 Å². The number of hydrogen-bond acceptors (Lipinski definition) is 7. The molecule has 0 aliphatic carbocycles. The van der Waals surface area contributed by atoms with Crippen molar-refractivity contribution < 1.29 is 14.1 Å². The Bertz CT molecular complexity index is 1040. The molecule has 7 nitrogen and oxygen atoms in total. The van der Waals surface area contributed by atoms with E-state index in [2.05, 4.69) is 20.4 Å². The van der Waals surface area contributed by atoms with Crippen LogP contribution in [0.3, 0.4) is 0 Å². The Morgan fingerprint density at radius 2 is 2.04 bits per heavy atom. The summed E-state index contributed by atoms with van der Waals surface area (Å²) in [5.41, 5.74) is 0.974. The van der Waals surface area contributed by atoms with Gasteiger partial charge in [-0.25, -0.2) is 9.97 Å². The van der Waals surface area contributed by atoms with Crippen LogP contribution in [0.25, 0.3) is 21.5 Å². The maximum atomic E-state index is 12.4. The summed E-state index contributed by atoms with van der Waals surface area (Å²) in [6.07, 6.45) is 1.42. The van der Waals surface area contributed by atoms with Crippen LogP contribution in [-0.4, -0.2) is 28.1 Å². The van der Waals surface area contributed by atoms with E-state index >= 15 is 0 Å². The van der Waals surface area contributed by atoms with Gasteiger partial charge in [-0.2, -0.15) is 0 Å². The molecule has 0 aliphatic heterocycles. The van der Waals surface area contributed by atoms with Crippen LogP contribution in [0.1, 0.15) is 10.5 Å². The van der Waals surface area contributed by atoms with Crippen LogP contribution in [0.15, 0.2) is 52.6 Å². The maximum Gasteiger partial charge on any atom is 0.279 e. The second-order valence-electron chi connectivity index (χ2n) is 5.12. The first-order valence-electron chi connectivity index (χ1n) is 7.35. The normalized spacial score (nSPS) is 10.8. The van der Waals surface area contributed by atoms with Gasteiger partial charge in [-0.15, -0.1) is 11.3 Å². The number of benzene rings is 1. The van der Waals surface area contributed by atoms with Crippen molar-refractivity contribution in [2.24, 2.45) is 0 Å². The first kappa shape index (κ1) is 15.3. The number of fused-ring (bicyclic) bond motifs is 1. The smallest absolute Gasteiger partial charge is 0.279 e. The zero-order valence-electron chi connectivity index (χ0n) is 13.1. The summed E-state index contributed by atoms with van der Waals surface area (Å²) in [4.78, 5) is 21.5. The first-order valence-corrected chi connectivity index (χ1v) is 8.23. The monoisotopic (exact) mass is 352 g/mol. The second kappa shape index (κ2) is 6.33. The van der Waals surface area contributed by atoms with E-state index in [-0.39, 0.29) is 5.69 Å². The Morgan fingerprint density at radius 1 is 1.20 bits per heavy atom. The predicted octanol–water partition coefficient (Wildman–Crippen LogP) is 3.61. The van der Waals surface area contributed by atoms with Crippen molar-refractivity contribution in [2.75, 3.05) is 12.4 Å². The molecule has 25 heavy (non-hydrogen) atoms. The lowest BCUT2D eigenvalue weighted by atomic mass is 10.1. The van der Waals surface area contributed by atoms with Gasteiger partial charge in [0, 0.05) is 11.6 Å². The van der Waals surface area contributed by atoms with Gasteiger partial charge in [-0.3, -0.25) is 4.79 Å². The summed E-state index contributed by atoms with van der Waals surface area (Å²) in [5.74, 6) is 1.29. The fourth-order valence-corrected chi connectivity index (χ4v) is 3.07. The van der Waals surface area contributed by atoms with Crippen LogP contribution in [0.2, 0.25) is 0 Å². The number of hydrogen-bond donors (Lipinski definition) is 1. The molecule has 4 aromatic rings. The molecule has 1 aromatic carbocycles. The van der Waals surface area contributed by atoms with Crippen molar-refractivity contribution in [3.63, 3.8) is 0 Å². The molecule has 1 amide bonds. The fraction of sp³-hybridized carbons (Fsp3) is 0.0588. The van der Waals surface area contributed by atoms with Crippen molar-refractivity contribution in [1.29, 1.82) is 0 Å². The summed E-state index contributed by atoms with van der Waals surface area (Å²) < 4.78 is 10.4. The van der Waals surface area contributed by atoms with E-state index in [9.17, 15) is 4.79 Å². The number of anilines is 1. The average molecular weight is 352 g/mol. The molecule has 0 atom stereocenters. The lowest BCUT2D eigenvalue weighted by Gasteiger charge is -2.02. The highest BCUT2D eigenvalue weighted by atomic mass is 32.1. The molecular formula is C17H12N4O3S. The van der Waals surface area contributed by atoms with E-state index in [1.807, 2.05) is 35.7 Å². The summed E-state index contributed by atoms with van der Waals surface area (Å²) in [5, 5.41) is 9.27. The summed E-state index contributed by atoms with van der Waals surface area (Å²) >= 11 is 1.48. The molecule has 0 saturated carbocycles. The lowest BCUT2D eigenvalue weighted by molar-refractivity contribution is 0.101. The highest BCUT2D eigenvalue weighted by molar-refractivity contribution is 7.16. The number of rotatable bonds is 4. The molecule has 0 saturated heterocycles. The van der Waals surface area contributed by atoms with Crippen LogP contribution < -0.4 is 10.1 Å². The van der Waals surface area contributed by atoms with Gasteiger partial charge in [0.2, 0.25) is 0 Å². The molecule has 3 heterocycles. The molecule has 0 aliphatic rings. The first-order chi connectivity index (χ1) is 12.2. The molecule has 0 fully saturated rings. The quantitative estimate of drug-likeness (QED) is 0.603. The number of ether oxygens (including phenoxy) is 1. The summed E-state index contributed by atoms with van der Waals surface area (Å²) in [6, 6.07) is 10.7. The van der Waals surface area contributed by atoms with Crippen LogP contribution in [0.4, 0.5) is 5.82 Å². The van der Waals surface area contributed by atoms with Crippen LogP contribution in [0.5, 0.6) is 5.75 Å². The van der Waals surface area contributed by atoms with Crippen molar-refractivity contribution in [3.8, 4) is 17.1 Å². The molecule has 8 heteroatoms. The average Bonchev–Trinajstić information content (AvgIpc) is 3.32. The maximum absolute atomic E-state index is 12.4. The summed E-state index contributed by atoms with van der Waals surface area (Å²) in [6.45, 7) is 0. The van der Waals surface area contributed by atoms with Gasteiger partial charge in [0.05, 0.1) is 12.5 Å². The highest BCUT2D eigenvalue weighted by Gasteiger charge is 2.16. The standard InChI is InChI=1S/C17H12N4O3S/c1-23-11-4-2-10(3-5-11)14-8-13(21-24-14)16(22)20-15-12-6-7-25-17(12)19-9-18-15/h2-9H,1H3,(H,18,19,20,22). The van der Waals surface area contributed by atoms with Gasteiger partial charge < -0.3 is 14.6 Å². The van der Waals surface area contributed by atoms with E-state index in [0.717, 1.165) is 21.5 Å². The SMILES string of the molecule is COc1ccc(-c2cc(C(=O)Nc3ncnc4sccc34)no2)cc1. The van der Waals surface area contributed by atoms with E-state index in [0.29, 0.717) is 11.6 Å². The topological polar surface area (TPSA) is 90.1 Å². The van der Waals surface area contributed by atoms with Crippen molar-refractivity contribution in [2.45, 2.75) is 0 Å². The number of carbonyl (C=O) groups is 1. The number of methoxy groups -OCH3 is 1. The predicted molar refractivity (Wildman–Crippen MR) is 93.9 cm³/mol. The number of carbonyl (C=O) groups excluding carboxylic acids is 1. The molecule has 0 bridgehead atoms. The van der Waals surface area contributed by atoms with Crippen molar-refractivity contribution >= 4 is 33.3 Å². The number of aromatic nitrogens is 3. The highest BCUT2D eigenvalue weighted by Crippen LogP contribution is 2.25. The fourth-order valence-electron chi connectivity index (χ4n) is 2.33. The Labute approximate surface area is 146 Å². The van der Waals surface area contributed by atoms with Gasteiger partial charge in [0.25, 0.3) is 5.91 Å². The lowest BCUT2D eigenvalue weighted by Crippen LogP contribution is -2.13. The molecule has 3 aromatic heterocycles. The molecule has 0 unspecified atom stereocenters. The van der Waals surface area contributed by atoms with Crippen molar-refractivity contribution in [3.05, 3.63) is 53.8 Å². The zero-order chi connectivity index (χ0) is 17.2. The van der Waals surface area contributed by atoms with E-state index in [1.54, 1.807) is 13.2 Å². The second-order valence-corrected chi connectivity index (χ2v) is 6.02. The molecule has 124 valence electrons. The van der Waals surface area contributed by atoms with E-state index in [4.69, 9.17) is 9.26 Å². The van der Waals surface area contributed by atoms with E-state index in [1.165, 1.54) is 17.7 Å².